The highest BCUT2D eigenvalue weighted by atomic mass is 16.6. The van der Waals surface area contributed by atoms with Crippen LogP contribution in [0.1, 0.15) is 66.7 Å². The minimum atomic E-state index is -0.393. The molecule has 1 amide bonds. The Hall–Kier alpha value is -0.940. The molecule has 0 rings (SSSR count). The first-order valence-electron chi connectivity index (χ1n) is 8.20. The van der Waals surface area contributed by atoms with E-state index in [0.717, 1.165) is 32.1 Å². The maximum Gasteiger partial charge on any atom is 0.219 e. The standard InChI is InChI=1S/C17H33NO4/c1-6-15(20)18-11-8-7-10-16(2,3)22-14-17(4,5)21-13-9-12-19/h12H,6-11,13-14H2,1-5H3,(H,18,20). The Kier molecular flexibility index (Phi) is 10.3. The normalized spacial score (nSPS) is 12.2. The Morgan fingerprint density at radius 1 is 1.09 bits per heavy atom. The molecular weight excluding hydrogens is 282 g/mol. The molecule has 0 spiro atoms. The Bertz CT molecular complexity index is 327. The molecule has 0 fully saturated rings. The lowest BCUT2D eigenvalue weighted by atomic mass is 10.0. The van der Waals surface area contributed by atoms with Crippen LogP contribution in [-0.4, -0.2) is 43.2 Å². The van der Waals surface area contributed by atoms with Crippen molar-refractivity contribution in [1.82, 2.24) is 5.32 Å². The Morgan fingerprint density at radius 2 is 1.77 bits per heavy atom. The fourth-order valence-electron chi connectivity index (χ4n) is 1.89. The molecule has 0 unspecified atom stereocenters. The van der Waals surface area contributed by atoms with Gasteiger partial charge in [0.1, 0.15) is 6.29 Å². The van der Waals surface area contributed by atoms with Crippen LogP contribution in [0.3, 0.4) is 0 Å². The van der Waals surface area contributed by atoms with Crippen molar-refractivity contribution in [2.45, 2.75) is 77.9 Å². The molecule has 0 aromatic rings. The van der Waals surface area contributed by atoms with E-state index in [9.17, 15) is 9.59 Å². The summed E-state index contributed by atoms with van der Waals surface area (Å²) in [4.78, 5) is 21.4. The second-order valence-electron chi connectivity index (χ2n) is 6.77. The molecule has 1 N–H and O–H groups in total. The van der Waals surface area contributed by atoms with Gasteiger partial charge in [-0.15, -0.1) is 0 Å². The Morgan fingerprint density at radius 3 is 2.36 bits per heavy atom. The van der Waals surface area contributed by atoms with Crippen molar-refractivity contribution in [2.24, 2.45) is 0 Å². The highest BCUT2D eigenvalue weighted by Gasteiger charge is 2.25. The monoisotopic (exact) mass is 315 g/mol. The first-order chi connectivity index (χ1) is 10.2. The third-order valence-electron chi connectivity index (χ3n) is 3.39. The molecule has 0 aliphatic rings. The van der Waals surface area contributed by atoms with E-state index >= 15 is 0 Å². The third kappa shape index (κ3) is 11.7. The Balaban J connectivity index is 3.88. The molecule has 0 radical (unpaired) electrons. The van der Waals surface area contributed by atoms with Crippen LogP contribution in [0.5, 0.6) is 0 Å². The van der Waals surface area contributed by atoms with Crippen molar-refractivity contribution >= 4 is 12.2 Å². The second kappa shape index (κ2) is 10.7. The molecule has 0 saturated carbocycles. The molecule has 0 bridgehead atoms. The van der Waals surface area contributed by atoms with Crippen molar-refractivity contribution < 1.29 is 19.1 Å². The van der Waals surface area contributed by atoms with E-state index in [0.29, 0.717) is 26.1 Å². The smallest absolute Gasteiger partial charge is 0.219 e. The predicted octanol–water partition coefficient (Wildman–Crippen LogP) is 2.86. The van der Waals surface area contributed by atoms with E-state index in [-0.39, 0.29) is 11.5 Å². The van der Waals surface area contributed by atoms with Crippen molar-refractivity contribution in [3.63, 3.8) is 0 Å². The number of nitrogens with one attached hydrogen (secondary N) is 1. The lowest BCUT2D eigenvalue weighted by Crippen LogP contribution is -2.37. The number of ether oxygens (including phenoxy) is 2. The van der Waals surface area contributed by atoms with Gasteiger partial charge in [0.25, 0.3) is 0 Å². The van der Waals surface area contributed by atoms with Crippen molar-refractivity contribution in [2.75, 3.05) is 19.8 Å². The fourth-order valence-corrected chi connectivity index (χ4v) is 1.89. The summed E-state index contributed by atoms with van der Waals surface area (Å²) in [7, 11) is 0. The van der Waals surface area contributed by atoms with Gasteiger partial charge in [-0.3, -0.25) is 4.79 Å². The van der Waals surface area contributed by atoms with Crippen LogP contribution in [-0.2, 0) is 19.1 Å². The number of hydrogen-bond donors (Lipinski definition) is 1. The number of amides is 1. The summed E-state index contributed by atoms with van der Waals surface area (Å²) in [6.07, 6.45) is 4.70. The minimum absolute atomic E-state index is 0.102. The average molecular weight is 315 g/mol. The lowest BCUT2D eigenvalue weighted by molar-refractivity contribution is -0.127. The lowest BCUT2D eigenvalue weighted by Gasteiger charge is -2.32. The quantitative estimate of drug-likeness (QED) is 0.419. The zero-order chi connectivity index (χ0) is 17.1. The van der Waals surface area contributed by atoms with Gasteiger partial charge in [-0.2, -0.15) is 0 Å². The maximum atomic E-state index is 11.1. The van der Waals surface area contributed by atoms with Gasteiger partial charge in [0, 0.05) is 19.4 Å². The van der Waals surface area contributed by atoms with Crippen molar-refractivity contribution in [1.29, 1.82) is 0 Å². The van der Waals surface area contributed by atoms with Gasteiger partial charge < -0.3 is 19.6 Å². The van der Waals surface area contributed by atoms with Gasteiger partial charge >= 0.3 is 0 Å². The summed E-state index contributed by atoms with van der Waals surface area (Å²) in [6, 6.07) is 0. The van der Waals surface area contributed by atoms with Gasteiger partial charge in [-0.1, -0.05) is 6.92 Å². The molecule has 0 aliphatic heterocycles. The largest absolute Gasteiger partial charge is 0.373 e. The summed E-state index contributed by atoms with van der Waals surface area (Å²) in [6.45, 7) is 11.6. The number of aldehydes is 1. The molecule has 5 heteroatoms. The first kappa shape index (κ1) is 21.1. The topological polar surface area (TPSA) is 64.6 Å². The number of unbranched alkanes of at least 4 members (excludes halogenated alkanes) is 1. The first-order valence-corrected chi connectivity index (χ1v) is 8.20. The number of carbonyl (C=O) groups is 2. The van der Waals surface area contributed by atoms with E-state index in [1.165, 1.54) is 0 Å². The van der Waals surface area contributed by atoms with E-state index < -0.39 is 5.60 Å². The summed E-state index contributed by atoms with van der Waals surface area (Å²) >= 11 is 0. The van der Waals surface area contributed by atoms with Gasteiger partial charge in [-0.05, 0) is 47.0 Å². The minimum Gasteiger partial charge on any atom is -0.373 e. The zero-order valence-corrected chi connectivity index (χ0v) is 14.9. The molecule has 0 aromatic heterocycles. The highest BCUT2D eigenvalue weighted by Crippen LogP contribution is 2.21. The Labute approximate surface area is 135 Å². The maximum absolute atomic E-state index is 11.1. The molecule has 0 atom stereocenters. The molecule has 0 heterocycles. The third-order valence-corrected chi connectivity index (χ3v) is 3.39. The molecular formula is C17H33NO4. The van der Waals surface area contributed by atoms with Crippen LogP contribution < -0.4 is 5.32 Å². The summed E-state index contributed by atoms with van der Waals surface area (Å²) in [5.41, 5.74) is -0.616. The van der Waals surface area contributed by atoms with Gasteiger partial charge in [0.2, 0.25) is 5.91 Å². The van der Waals surface area contributed by atoms with E-state index in [2.05, 4.69) is 19.2 Å². The van der Waals surface area contributed by atoms with E-state index in [4.69, 9.17) is 9.47 Å². The van der Waals surface area contributed by atoms with Crippen LogP contribution in [0.25, 0.3) is 0 Å². The molecule has 22 heavy (non-hydrogen) atoms. The summed E-state index contributed by atoms with van der Waals surface area (Å²) < 4.78 is 11.6. The zero-order valence-electron chi connectivity index (χ0n) is 14.9. The number of hydrogen-bond acceptors (Lipinski definition) is 4. The molecule has 0 aliphatic carbocycles. The molecule has 0 aromatic carbocycles. The summed E-state index contributed by atoms with van der Waals surface area (Å²) in [5, 5.41) is 2.88. The average Bonchev–Trinajstić information content (AvgIpc) is 2.45. The van der Waals surface area contributed by atoms with Crippen LogP contribution in [0, 0.1) is 0 Å². The molecule has 0 saturated heterocycles. The molecule has 130 valence electrons. The van der Waals surface area contributed by atoms with Crippen molar-refractivity contribution in [3.8, 4) is 0 Å². The van der Waals surface area contributed by atoms with Crippen LogP contribution in [0.15, 0.2) is 0 Å². The predicted molar refractivity (Wildman–Crippen MR) is 87.9 cm³/mol. The van der Waals surface area contributed by atoms with Crippen molar-refractivity contribution in [3.05, 3.63) is 0 Å². The SMILES string of the molecule is CCC(=O)NCCCCC(C)(C)OCC(C)(C)OCCC=O. The van der Waals surface area contributed by atoms with E-state index in [1.807, 2.05) is 20.8 Å². The van der Waals surface area contributed by atoms with E-state index in [1.54, 1.807) is 0 Å². The second-order valence-corrected chi connectivity index (χ2v) is 6.77. The molecule has 5 nitrogen and oxygen atoms in total. The van der Waals surface area contributed by atoms with Crippen LogP contribution >= 0.6 is 0 Å². The number of carbonyl (C=O) groups excluding carboxylic acids is 2. The highest BCUT2D eigenvalue weighted by molar-refractivity contribution is 5.75. The van der Waals surface area contributed by atoms with Gasteiger partial charge in [0.05, 0.1) is 24.4 Å². The number of rotatable bonds is 13. The van der Waals surface area contributed by atoms with Crippen LogP contribution in [0.4, 0.5) is 0 Å². The summed E-state index contributed by atoms with van der Waals surface area (Å²) in [5.74, 6) is 0.102. The van der Waals surface area contributed by atoms with Gasteiger partial charge in [0.15, 0.2) is 0 Å². The fraction of sp³-hybridized carbons (Fsp3) is 0.882. The van der Waals surface area contributed by atoms with Crippen LogP contribution in [0.2, 0.25) is 0 Å². The van der Waals surface area contributed by atoms with Gasteiger partial charge in [-0.25, -0.2) is 0 Å².